The van der Waals surface area contributed by atoms with E-state index < -0.39 is 11.0 Å². The first-order chi connectivity index (χ1) is 39.2. The van der Waals surface area contributed by atoms with Crippen LogP contribution in [0.1, 0.15) is 93.8 Å². The number of anilines is 3. The molecule has 81 heavy (non-hydrogen) atoms. The summed E-state index contributed by atoms with van der Waals surface area (Å²) in [5.74, 6) is 1.94. The van der Waals surface area contributed by atoms with Crippen molar-refractivity contribution in [1.29, 1.82) is 0 Å². The maximum atomic E-state index is 6.88. The van der Waals surface area contributed by atoms with Gasteiger partial charge in [-0.1, -0.05) is 208 Å². The smallest absolute Gasteiger partial charge is 0.135 e. The Bertz CT molecular complexity index is 4380. The van der Waals surface area contributed by atoms with Gasteiger partial charge in [0.05, 0.1) is 11.0 Å². The summed E-state index contributed by atoms with van der Waals surface area (Å²) in [6, 6.07) is 95.1. The summed E-state index contributed by atoms with van der Waals surface area (Å²) in [6.45, 7) is 11.3. The van der Waals surface area contributed by atoms with Crippen LogP contribution in [0.25, 0.3) is 38.8 Å². The first-order valence-electron chi connectivity index (χ1n) is 27.9. The Hall–Kier alpha value is -8.76. The average molecular weight is 1220 g/mol. The molecule has 0 atom stereocenters. The van der Waals surface area contributed by atoms with Crippen molar-refractivity contribution in [2.24, 2.45) is 0 Å². The molecular formula is C75H55N4OPt-3. The molecule has 2 aromatic heterocycles. The van der Waals surface area contributed by atoms with Crippen LogP contribution in [0.4, 0.5) is 17.1 Å². The van der Waals surface area contributed by atoms with Crippen LogP contribution in [0.2, 0.25) is 0 Å². The Morgan fingerprint density at radius 3 is 1.78 bits per heavy atom. The second-order valence-corrected chi connectivity index (χ2v) is 23.1. The molecule has 1 aliphatic heterocycles. The molecule has 12 aromatic rings. The molecule has 0 amide bonds. The number of pyridine rings is 1. The van der Waals surface area contributed by atoms with Gasteiger partial charge in [0.1, 0.15) is 5.82 Å². The summed E-state index contributed by atoms with van der Waals surface area (Å²) < 4.78 is 9.10. The molecule has 0 saturated heterocycles. The van der Waals surface area contributed by atoms with E-state index in [0.717, 1.165) is 61.4 Å². The van der Waals surface area contributed by atoms with Gasteiger partial charge in [0, 0.05) is 73.1 Å². The van der Waals surface area contributed by atoms with E-state index in [1.807, 2.05) is 18.3 Å². The van der Waals surface area contributed by atoms with Crippen molar-refractivity contribution in [3.63, 3.8) is 0 Å². The number of aromatic nitrogens is 2. The topological polar surface area (TPSA) is 33.5 Å². The van der Waals surface area contributed by atoms with E-state index in [9.17, 15) is 0 Å². The molecule has 394 valence electrons. The summed E-state index contributed by atoms with van der Waals surface area (Å²) in [6.07, 6.45) is 2.01. The average Bonchev–Trinajstić information content (AvgIpc) is 1.52. The van der Waals surface area contributed by atoms with Crippen molar-refractivity contribution in [2.45, 2.75) is 55.9 Å². The van der Waals surface area contributed by atoms with Crippen LogP contribution in [0, 0.1) is 25.7 Å². The number of benzene rings is 10. The van der Waals surface area contributed by atoms with E-state index in [-0.39, 0.29) is 38.3 Å². The molecule has 0 spiro atoms. The maximum absolute atomic E-state index is 6.88. The molecular weight excluding hydrogens is 1170 g/mol. The number of fused-ring (bicyclic) bond motifs is 4. The van der Waals surface area contributed by atoms with E-state index in [4.69, 9.17) is 9.72 Å². The molecule has 0 unspecified atom stereocenters. The minimum atomic E-state index is -0.754. The Kier molecular flexibility index (Phi) is 11.2. The van der Waals surface area contributed by atoms with Crippen molar-refractivity contribution in [2.75, 3.05) is 9.80 Å². The van der Waals surface area contributed by atoms with Gasteiger partial charge >= 0.3 is 0 Å². The van der Waals surface area contributed by atoms with Crippen LogP contribution >= 0.6 is 0 Å². The number of aryl methyl sites for hydroxylation is 1. The third-order valence-corrected chi connectivity index (χ3v) is 18.0. The standard InChI is InChI=1S/C75H55N4O.Pt/c1-48-43-70(76-46-61(48)49-37-39-50(40-38-49)73(2,3)4)79-66-34-17-12-25-55(66)56-42-41-54(45-69(56)79)80-53-24-20-23-52(44-53)77-47-78(68-36-19-18-35-67(68)77)75-64-32-15-13-30-62(64)74(51-21-6-5-7-22-51,63-31-14-16-33-65(63)75)71-57-26-8-10-28-59(57)72(75)60-29-11-9-27-58(60)71;/h5-43,46-47,71-72H,1-4H3;/q-3;. The molecule has 10 aromatic carbocycles. The fourth-order valence-corrected chi connectivity index (χ4v) is 14.8. The van der Waals surface area contributed by atoms with Crippen molar-refractivity contribution < 1.29 is 25.8 Å². The zero-order valence-corrected chi connectivity index (χ0v) is 47.6. The van der Waals surface area contributed by atoms with E-state index in [1.54, 1.807) is 0 Å². The third kappa shape index (κ3) is 6.98. The van der Waals surface area contributed by atoms with Gasteiger partial charge in [0.15, 0.2) is 0 Å². The molecule has 19 rings (SSSR count). The zero-order chi connectivity index (χ0) is 53.5. The van der Waals surface area contributed by atoms with Gasteiger partial charge in [-0.15, -0.1) is 41.4 Å². The second-order valence-electron chi connectivity index (χ2n) is 23.1. The summed E-state index contributed by atoms with van der Waals surface area (Å²) in [5, 5.41) is 2.21. The summed E-state index contributed by atoms with van der Waals surface area (Å²) >= 11 is 0. The molecule has 4 bridgehead atoms. The van der Waals surface area contributed by atoms with Crippen LogP contribution in [-0.4, -0.2) is 9.55 Å². The Balaban J connectivity index is 0.00000564. The molecule has 6 heteroatoms. The quantitative estimate of drug-likeness (QED) is 0.149. The Labute approximate surface area is 488 Å². The van der Waals surface area contributed by atoms with Crippen LogP contribution in [-0.2, 0) is 37.4 Å². The molecule has 7 aliphatic rings. The Morgan fingerprint density at radius 1 is 0.531 bits per heavy atom. The van der Waals surface area contributed by atoms with Crippen LogP contribution < -0.4 is 14.5 Å². The van der Waals surface area contributed by atoms with Gasteiger partial charge in [0.2, 0.25) is 0 Å². The van der Waals surface area contributed by atoms with E-state index in [2.05, 4.69) is 285 Å². The van der Waals surface area contributed by atoms with Crippen LogP contribution in [0.15, 0.2) is 243 Å². The largest absolute Gasteiger partial charge is 0.509 e. The molecule has 0 N–H and O–H groups in total. The minimum Gasteiger partial charge on any atom is -0.509 e. The third-order valence-electron chi connectivity index (χ3n) is 18.0. The molecule has 6 aliphatic carbocycles. The van der Waals surface area contributed by atoms with Gasteiger partial charge in [-0.2, -0.15) is 18.8 Å². The van der Waals surface area contributed by atoms with Crippen molar-refractivity contribution in [1.82, 2.24) is 9.55 Å². The van der Waals surface area contributed by atoms with Gasteiger partial charge in [-0.25, -0.2) is 4.98 Å². The van der Waals surface area contributed by atoms with E-state index in [1.165, 1.54) is 55.6 Å². The van der Waals surface area contributed by atoms with E-state index in [0.29, 0.717) is 11.5 Å². The number of ether oxygens (including phenoxy) is 1. The molecule has 5 nitrogen and oxygen atoms in total. The SMILES string of the molecule is Cc1cc(-n2c3[c-]c(Oc4[c-]c(N5[CH-]N(C67c8ccccc8C(c8ccccc8)(c8ccccc86)C6c8ccccc8C7c7ccccc76)c6ccccc65)ccc4)ccc3c3ccccc32)ncc1-c1ccc(C(C)(C)C)cc1.[Pt]. The second kappa shape index (κ2) is 18.4. The minimum absolute atomic E-state index is 0. The molecule has 0 saturated carbocycles. The molecule has 0 radical (unpaired) electrons. The van der Waals surface area contributed by atoms with Gasteiger partial charge < -0.3 is 19.1 Å². The normalized spacial score (nSPS) is 19.0. The van der Waals surface area contributed by atoms with Crippen molar-refractivity contribution >= 4 is 38.9 Å². The fraction of sp³-hybridized carbons (Fsp3) is 0.120. The number of rotatable bonds is 7. The molecule has 3 heterocycles. The Morgan fingerprint density at radius 2 is 1.11 bits per heavy atom. The number of para-hydroxylation sites is 3. The fourth-order valence-electron chi connectivity index (χ4n) is 14.8. The van der Waals surface area contributed by atoms with Crippen LogP contribution in [0.5, 0.6) is 11.5 Å². The van der Waals surface area contributed by atoms with Crippen molar-refractivity contribution in [3.8, 4) is 28.4 Å². The van der Waals surface area contributed by atoms with Crippen LogP contribution in [0.3, 0.4) is 0 Å². The summed E-state index contributed by atoms with van der Waals surface area (Å²) in [5.41, 5.74) is 20.6. The number of hydrogen-bond acceptors (Lipinski definition) is 4. The molecule has 0 fully saturated rings. The maximum Gasteiger partial charge on any atom is 0.135 e. The number of nitrogens with zero attached hydrogens (tertiary/aromatic N) is 4. The zero-order valence-electron chi connectivity index (χ0n) is 45.3. The number of hydrogen-bond donors (Lipinski definition) is 0. The first kappa shape index (κ1) is 49.3. The van der Waals surface area contributed by atoms with Gasteiger partial charge in [-0.3, -0.25) is 0 Å². The predicted octanol–water partition coefficient (Wildman–Crippen LogP) is 17.8. The predicted molar refractivity (Wildman–Crippen MR) is 324 cm³/mol. The van der Waals surface area contributed by atoms with Gasteiger partial charge in [0.25, 0.3) is 0 Å². The van der Waals surface area contributed by atoms with E-state index >= 15 is 0 Å². The summed E-state index contributed by atoms with van der Waals surface area (Å²) in [7, 11) is 0. The first-order valence-corrected chi connectivity index (χ1v) is 27.9. The van der Waals surface area contributed by atoms with Crippen molar-refractivity contribution in [3.05, 3.63) is 323 Å². The summed E-state index contributed by atoms with van der Waals surface area (Å²) in [4.78, 5) is 10.1. The van der Waals surface area contributed by atoms with Gasteiger partial charge in [-0.05, 0) is 109 Å². The monoisotopic (exact) mass is 1220 g/mol.